The van der Waals surface area contributed by atoms with Crippen LogP contribution in [0, 0.1) is 18.6 Å². The van der Waals surface area contributed by atoms with Crippen LogP contribution in [0.4, 0.5) is 20.2 Å². The van der Waals surface area contributed by atoms with Crippen molar-refractivity contribution in [3.05, 3.63) is 53.6 Å². The van der Waals surface area contributed by atoms with Gasteiger partial charge in [0.05, 0.1) is 5.69 Å². The largest absolute Gasteiger partial charge is 0.466 e. The summed E-state index contributed by atoms with van der Waals surface area (Å²) in [5.41, 5.74) is -0.426. The number of aryl methyl sites for hydroxylation is 1. The van der Waals surface area contributed by atoms with Gasteiger partial charge in [0, 0.05) is 11.8 Å². The summed E-state index contributed by atoms with van der Waals surface area (Å²) in [6.45, 7) is 3.16. The molecule has 24 heavy (non-hydrogen) atoms. The zero-order valence-corrected chi connectivity index (χ0v) is 12.9. The van der Waals surface area contributed by atoms with E-state index in [0.29, 0.717) is 11.4 Å². The number of amides is 2. The Morgan fingerprint density at radius 2 is 1.92 bits per heavy atom. The Bertz CT molecular complexity index is 854. The van der Waals surface area contributed by atoms with Crippen LogP contribution in [0.1, 0.15) is 12.5 Å². The summed E-state index contributed by atoms with van der Waals surface area (Å²) in [5.74, 6) is -3.23. The first kappa shape index (κ1) is 15.9. The van der Waals surface area contributed by atoms with E-state index < -0.39 is 29.0 Å². The molecule has 2 amide bonds. The Hall–Kier alpha value is -2.96. The molecule has 2 N–H and O–H groups in total. The van der Waals surface area contributed by atoms with Gasteiger partial charge < -0.3 is 15.4 Å². The van der Waals surface area contributed by atoms with E-state index in [-0.39, 0.29) is 5.69 Å². The van der Waals surface area contributed by atoms with Gasteiger partial charge in [0.25, 0.3) is 17.4 Å². The summed E-state index contributed by atoms with van der Waals surface area (Å²) >= 11 is 0. The van der Waals surface area contributed by atoms with Gasteiger partial charge in [-0.1, -0.05) is 6.07 Å². The molecule has 2 aromatic rings. The molecule has 1 aliphatic heterocycles. The standard InChI is InChI=1S/C17H14F2N2O3/c1-9-3-6-14-13(7-9)21-16(23)17(2,24-14)15(22)20-10-4-5-11(18)12(19)8-10/h3-8H,1-2H3,(H,20,22)(H,21,23). The molecule has 3 rings (SSSR count). The molecule has 1 atom stereocenters. The smallest absolute Gasteiger partial charge is 0.278 e. The van der Waals surface area contributed by atoms with Crippen LogP contribution in [0.2, 0.25) is 0 Å². The molecule has 0 bridgehead atoms. The second-order valence-corrected chi connectivity index (χ2v) is 5.67. The summed E-state index contributed by atoms with van der Waals surface area (Å²) in [6, 6.07) is 8.05. The highest BCUT2D eigenvalue weighted by atomic mass is 19.2. The fraction of sp³-hybridized carbons (Fsp3) is 0.176. The number of benzene rings is 2. The van der Waals surface area contributed by atoms with E-state index in [9.17, 15) is 18.4 Å². The molecule has 7 heteroatoms. The Labute approximate surface area is 136 Å². The summed E-state index contributed by atoms with van der Waals surface area (Å²) in [7, 11) is 0. The molecule has 5 nitrogen and oxygen atoms in total. The molecule has 124 valence electrons. The van der Waals surface area contributed by atoms with Gasteiger partial charge in [0.2, 0.25) is 0 Å². The molecule has 0 spiro atoms. The van der Waals surface area contributed by atoms with Crippen molar-refractivity contribution in [1.29, 1.82) is 0 Å². The van der Waals surface area contributed by atoms with Crippen LogP contribution in [0.25, 0.3) is 0 Å². The van der Waals surface area contributed by atoms with Crippen LogP contribution in [0.15, 0.2) is 36.4 Å². The first-order valence-electron chi connectivity index (χ1n) is 7.17. The van der Waals surface area contributed by atoms with Crippen LogP contribution < -0.4 is 15.4 Å². The van der Waals surface area contributed by atoms with Gasteiger partial charge in [0.15, 0.2) is 11.6 Å². The lowest BCUT2D eigenvalue weighted by Gasteiger charge is -2.33. The van der Waals surface area contributed by atoms with Crippen LogP contribution in [0.5, 0.6) is 5.75 Å². The second kappa shape index (κ2) is 5.59. The molecule has 1 unspecified atom stereocenters. The Morgan fingerprint density at radius 1 is 1.17 bits per heavy atom. The van der Waals surface area contributed by atoms with Gasteiger partial charge in [0.1, 0.15) is 5.75 Å². The maximum atomic E-state index is 13.2. The molecule has 0 saturated carbocycles. The third kappa shape index (κ3) is 2.68. The average Bonchev–Trinajstić information content (AvgIpc) is 2.52. The van der Waals surface area contributed by atoms with E-state index in [4.69, 9.17) is 4.74 Å². The van der Waals surface area contributed by atoms with Crippen molar-refractivity contribution in [3.8, 4) is 5.75 Å². The quantitative estimate of drug-likeness (QED) is 0.831. The zero-order valence-electron chi connectivity index (χ0n) is 12.9. The van der Waals surface area contributed by atoms with E-state index in [1.165, 1.54) is 13.0 Å². The van der Waals surface area contributed by atoms with E-state index in [2.05, 4.69) is 10.6 Å². The molecule has 0 aliphatic carbocycles. The Morgan fingerprint density at radius 3 is 2.62 bits per heavy atom. The van der Waals surface area contributed by atoms with Crippen molar-refractivity contribution in [2.75, 3.05) is 10.6 Å². The van der Waals surface area contributed by atoms with Gasteiger partial charge in [-0.25, -0.2) is 8.78 Å². The van der Waals surface area contributed by atoms with Crippen molar-refractivity contribution in [2.45, 2.75) is 19.4 Å². The lowest BCUT2D eigenvalue weighted by Crippen LogP contribution is -2.56. The zero-order chi connectivity index (χ0) is 17.5. The molecule has 0 radical (unpaired) electrons. The molecule has 0 saturated heterocycles. The van der Waals surface area contributed by atoms with E-state index in [1.807, 2.05) is 6.92 Å². The monoisotopic (exact) mass is 332 g/mol. The maximum absolute atomic E-state index is 13.2. The van der Waals surface area contributed by atoms with Gasteiger partial charge >= 0.3 is 0 Å². The topological polar surface area (TPSA) is 67.4 Å². The number of anilines is 2. The lowest BCUT2D eigenvalue weighted by molar-refractivity contribution is -0.143. The number of nitrogens with one attached hydrogen (secondary N) is 2. The minimum atomic E-state index is -1.84. The number of hydrogen-bond donors (Lipinski definition) is 2. The fourth-order valence-electron chi connectivity index (χ4n) is 2.31. The number of rotatable bonds is 2. The predicted molar refractivity (Wildman–Crippen MR) is 83.8 cm³/mol. The van der Waals surface area contributed by atoms with E-state index in [0.717, 1.165) is 17.7 Å². The number of carbonyl (C=O) groups is 2. The van der Waals surface area contributed by atoms with Crippen molar-refractivity contribution in [1.82, 2.24) is 0 Å². The van der Waals surface area contributed by atoms with Gasteiger partial charge in [-0.05, 0) is 43.7 Å². The van der Waals surface area contributed by atoms with Crippen molar-refractivity contribution < 1.29 is 23.1 Å². The average molecular weight is 332 g/mol. The van der Waals surface area contributed by atoms with E-state index >= 15 is 0 Å². The number of ether oxygens (including phenoxy) is 1. The number of halogens is 2. The molecular formula is C17H14F2N2O3. The SMILES string of the molecule is Cc1ccc2c(c1)NC(=O)C(C)(C(=O)Nc1ccc(F)c(F)c1)O2. The molecule has 1 aliphatic rings. The van der Waals surface area contributed by atoms with Crippen LogP contribution in [-0.2, 0) is 9.59 Å². The van der Waals surface area contributed by atoms with Crippen LogP contribution in [0.3, 0.4) is 0 Å². The third-order valence-electron chi connectivity index (χ3n) is 3.74. The molecular weight excluding hydrogens is 318 g/mol. The van der Waals surface area contributed by atoms with Crippen LogP contribution >= 0.6 is 0 Å². The van der Waals surface area contributed by atoms with Crippen molar-refractivity contribution in [3.63, 3.8) is 0 Å². The molecule has 2 aromatic carbocycles. The highest BCUT2D eigenvalue weighted by Gasteiger charge is 2.47. The number of fused-ring (bicyclic) bond motifs is 1. The third-order valence-corrected chi connectivity index (χ3v) is 3.74. The molecule has 0 fully saturated rings. The van der Waals surface area contributed by atoms with Crippen molar-refractivity contribution >= 4 is 23.2 Å². The lowest BCUT2D eigenvalue weighted by atomic mass is 10.0. The van der Waals surface area contributed by atoms with Crippen LogP contribution in [-0.4, -0.2) is 17.4 Å². The highest BCUT2D eigenvalue weighted by molar-refractivity contribution is 6.19. The summed E-state index contributed by atoms with van der Waals surface area (Å²) in [4.78, 5) is 24.8. The molecule has 0 aromatic heterocycles. The second-order valence-electron chi connectivity index (χ2n) is 5.67. The first-order valence-corrected chi connectivity index (χ1v) is 7.17. The highest BCUT2D eigenvalue weighted by Crippen LogP contribution is 2.34. The Kier molecular flexibility index (Phi) is 3.71. The number of carbonyl (C=O) groups excluding carboxylic acids is 2. The summed E-state index contributed by atoms with van der Waals surface area (Å²) in [6.07, 6.45) is 0. The first-order chi connectivity index (χ1) is 11.3. The van der Waals surface area contributed by atoms with Gasteiger partial charge in [-0.15, -0.1) is 0 Å². The summed E-state index contributed by atoms with van der Waals surface area (Å²) < 4.78 is 31.8. The van der Waals surface area contributed by atoms with E-state index in [1.54, 1.807) is 18.2 Å². The molecule has 1 heterocycles. The van der Waals surface area contributed by atoms with Crippen molar-refractivity contribution in [2.24, 2.45) is 0 Å². The minimum absolute atomic E-state index is 0.0197. The fourth-order valence-corrected chi connectivity index (χ4v) is 2.31. The normalized spacial score (nSPS) is 19.1. The summed E-state index contributed by atoms with van der Waals surface area (Å²) in [5, 5.41) is 4.98. The van der Waals surface area contributed by atoms with Gasteiger partial charge in [-0.3, -0.25) is 9.59 Å². The predicted octanol–water partition coefficient (Wildman–Crippen LogP) is 3.00. The maximum Gasteiger partial charge on any atom is 0.278 e. The Balaban J connectivity index is 1.87. The number of hydrogen-bond acceptors (Lipinski definition) is 3. The minimum Gasteiger partial charge on any atom is -0.466 e. The van der Waals surface area contributed by atoms with Gasteiger partial charge in [-0.2, -0.15) is 0 Å².